The Morgan fingerprint density at radius 3 is 1.67 bits per heavy atom. The van der Waals surface area contributed by atoms with Crippen LogP contribution in [0.1, 0.15) is 51.5 Å². The van der Waals surface area contributed by atoms with Gasteiger partial charge in [0.15, 0.2) is 0 Å². The van der Waals surface area contributed by atoms with Crippen LogP contribution in [-0.4, -0.2) is 29.8 Å². The lowest BCUT2D eigenvalue weighted by Crippen LogP contribution is -2.40. The number of ether oxygens (including phenoxy) is 1. The molecule has 0 aliphatic carbocycles. The summed E-state index contributed by atoms with van der Waals surface area (Å²) in [6, 6.07) is 26.6. The summed E-state index contributed by atoms with van der Waals surface area (Å²) in [6.45, 7) is 6.56. The maximum absolute atomic E-state index is 13.9. The molecule has 3 aromatic carbocycles. The summed E-state index contributed by atoms with van der Waals surface area (Å²) in [5.41, 5.74) is 3.63. The van der Waals surface area contributed by atoms with E-state index in [0.717, 1.165) is 30.6 Å². The fraction of sp³-hybridized carbons (Fsp3) is 0.312. The van der Waals surface area contributed by atoms with E-state index in [1.807, 2.05) is 98.8 Å². The molecule has 2 aliphatic heterocycles. The highest BCUT2D eigenvalue weighted by atomic mass is 16.5. The Hall–Kier alpha value is -4.26. The van der Waals surface area contributed by atoms with E-state index in [2.05, 4.69) is 17.1 Å². The number of hydrogen-bond donors (Lipinski definition) is 0. The molecule has 2 atom stereocenters. The van der Waals surface area contributed by atoms with Gasteiger partial charge in [-0.05, 0) is 62.2 Å². The number of anilines is 2. The molecule has 0 spiro atoms. The van der Waals surface area contributed by atoms with E-state index in [1.54, 1.807) is 0 Å². The lowest BCUT2D eigenvalue weighted by molar-refractivity contribution is -0.122. The highest BCUT2D eigenvalue weighted by molar-refractivity contribution is 6.19. The van der Waals surface area contributed by atoms with Crippen LogP contribution in [0.4, 0.5) is 11.4 Å². The van der Waals surface area contributed by atoms with Gasteiger partial charge in [-0.25, -0.2) is 10.0 Å². The highest BCUT2D eigenvalue weighted by Crippen LogP contribution is 2.43. The molecule has 0 N–H and O–H groups in total. The predicted molar refractivity (Wildman–Crippen MR) is 155 cm³/mol. The molecule has 0 radical (unpaired) electrons. The minimum absolute atomic E-state index is 0.151. The van der Waals surface area contributed by atoms with Crippen molar-refractivity contribution in [3.8, 4) is 5.75 Å². The second-order valence-corrected chi connectivity index (χ2v) is 10.1. The summed E-state index contributed by atoms with van der Waals surface area (Å²) in [7, 11) is 0. The molecule has 0 saturated carbocycles. The Morgan fingerprint density at radius 1 is 0.718 bits per heavy atom. The topological polar surface area (TPSA) is 74.6 Å². The van der Waals surface area contributed by atoms with Gasteiger partial charge in [-0.1, -0.05) is 68.3 Å². The van der Waals surface area contributed by atoms with Gasteiger partial charge in [-0.3, -0.25) is 9.59 Å². The number of hydrogen-bond acceptors (Lipinski definition) is 5. The third-order valence-electron chi connectivity index (χ3n) is 7.37. The largest absolute Gasteiger partial charge is 0.494 e. The molecular formula is C32H34N4O3. The molecule has 39 heavy (non-hydrogen) atoms. The van der Waals surface area contributed by atoms with E-state index in [0.29, 0.717) is 29.4 Å². The van der Waals surface area contributed by atoms with E-state index < -0.39 is 17.8 Å². The first-order chi connectivity index (χ1) is 19.0. The van der Waals surface area contributed by atoms with E-state index in [1.165, 1.54) is 10.0 Å². The zero-order valence-corrected chi connectivity index (χ0v) is 22.7. The zero-order chi connectivity index (χ0) is 27.4. The van der Waals surface area contributed by atoms with Crippen LogP contribution in [-0.2, 0) is 9.59 Å². The van der Waals surface area contributed by atoms with Crippen LogP contribution < -0.4 is 14.8 Å². The van der Waals surface area contributed by atoms with Gasteiger partial charge in [-0.2, -0.15) is 10.2 Å². The number of hydrazone groups is 2. The van der Waals surface area contributed by atoms with Gasteiger partial charge in [0.25, 0.3) is 11.8 Å². The van der Waals surface area contributed by atoms with Gasteiger partial charge in [-0.15, -0.1) is 0 Å². The first-order valence-electron chi connectivity index (χ1n) is 13.6. The van der Waals surface area contributed by atoms with E-state index >= 15 is 0 Å². The number of amides is 2. The molecular weight excluding hydrogens is 488 g/mol. The third-order valence-corrected chi connectivity index (χ3v) is 7.37. The Morgan fingerprint density at radius 2 is 1.21 bits per heavy atom. The number of carbonyl (C=O) groups is 2. The van der Waals surface area contributed by atoms with Gasteiger partial charge >= 0.3 is 0 Å². The molecule has 7 heteroatoms. The molecule has 3 aromatic rings. The van der Waals surface area contributed by atoms with Gasteiger partial charge in [0.2, 0.25) is 0 Å². The molecule has 0 aromatic heterocycles. The molecule has 200 valence electrons. The standard InChI is InChI=1S/C32H34N4O3/c1-4-5-12-21-39-27-19-17-24(18-20-27)30(28-22(2)33-35(31(28)37)25-13-8-6-9-14-25)29-23(3)34-36(32(29)38)26-15-10-7-11-16-26/h6-11,13-20,28-30H,4-5,12,21H2,1-3H3. The van der Waals surface area contributed by atoms with Crippen molar-refractivity contribution in [3.63, 3.8) is 0 Å². The Balaban J connectivity index is 1.50. The van der Waals surface area contributed by atoms with Crippen molar-refractivity contribution < 1.29 is 14.3 Å². The minimum atomic E-state index is -0.614. The second kappa shape index (κ2) is 11.6. The fourth-order valence-corrected chi connectivity index (χ4v) is 5.40. The van der Waals surface area contributed by atoms with Gasteiger partial charge in [0.05, 0.1) is 29.8 Å². The Bertz CT molecular complexity index is 1290. The van der Waals surface area contributed by atoms with Crippen LogP contribution in [0.3, 0.4) is 0 Å². The second-order valence-electron chi connectivity index (χ2n) is 10.1. The number of benzene rings is 3. The van der Waals surface area contributed by atoms with Crippen molar-refractivity contribution in [2.24, 2.45) is 22.0 Å². The lowest BCUT2D eigenvalue weighted by atomic mass is 9.73. The number of unbranched alkanes of at least 4 members (excludes halogenated alkanes) is 2. The van der Waals surface area contributed by atoms with Crippen LogP contribution in [0.15, 0.2) is 95.1 Å². The summed E-state index contributed by atoms with van der Waals surface area (Å²) in [5, 5.41) is 12.2. The van der Waals surface area contributed by atoms with Gasteiger partial charge in [0.1, 0.15) is 5.75 Å². The lowest BCUT2D eigenvalue weighted by Gasteiger charge is -2.28. The van der Waals surface area contributed by atoms with Crippen LogP contribution in [0.2, 0.25) is 0 Å². The van der Waals surface area contributed by atoms with Crippen LogP contribution >= 0.6 is 0 Å². The van der Waals surface area contributed by atoms with E-state index in [4.69, 9.17) is 4.74 Å². The third kappa shape index (κ3) is 5.35. The first kappa shape index (κ1) is 26.4. The van der Waals surface area contributed by atoms with Crippen LogP contribution in [0, 0.1) is 11.8 Å². The summed E-state index contributed by atoms with van der Waals surface area (Å²) in [5.74, 6) is -1.23. The number of rotatable bonds is 10. The maximum Gasteiger partial charge on any atom is 0.256 e. The van der Waals surface area contributed by atoms with Crippen molar-refractivity contribution in [1.29, 1.82) is 0 Å². The summed E-state index contributed by atoms with van der Waals surface area (Å²) < 4.78 is 5.93. The number of carbonyl (C=O) groups excluding carboxylic acids is 2. The maximum atomic E-state index is 13.9. The van der Waals surface area contributed by atoms with E-state index in [9.17, 15) is 9.59 Å². The molecule has 0 saturated heterocycles. The number of nitrogens with zero attached hydrogens (tertiary/aromatic N) is 4. The van der Waals surface area contributed by atoms with Crippen molar-refractivity contribution in [3.05, 3.63) is 90.5 Å². The summed E-state index contributed by atoms with van der Waals surface area (Å²) in [6.07, 6.45) is 3.27. The molecule has 2 aliphatic rings. The Labute approximate surface area is 229 Å². The van der Waals surface area contributed by atoms with Gasteiger partial charge in [0, 0.05) is 17.3 Å². The van der Waals surface area contributed by atoms with E-state index in [-0.39, 0.29) is 11.8 Å². The molecule has 2 amide bonds. The summed E-state index contributed by atoms with van der Waals surface area (Å²) in [4.78, 5) is 27.9. The zero-order valence-electron chi connectivity index (χ0n) is 22.7. The van der Waals surface area contributed by atoms with Crippen LogP contribution in [0.5, 0.6) is 5.75 Å². The average Bonchev–Trinajstić information content (AvgIpc) is 3.43. The minimum Gasteiger partial charge on any atom is -0.494 e. The fourth-order valence-electron chi connectivity index (χ4n) is 5.40. The SMILES string of the molecule is CCCCCOc1ccc(C(C2C(=O)N(c3ccccc3)N=C2C)C2C(=O)N(c3ccccc3)N=C2C)cc1. The first-order valence-corrected chi connectivity index (χ1v) is 13.6. The molecule has 0 bridgehead atoms. The average molecular weight is 523 g/mol. The van der Waals surface area contributed by atoms with Crippen LogP contribution in [0.25, 0.3) is 0 Å². The monoisotopic (exact) mass is 522 g/mol. The smallest absolute Gasteiger partial charge is 0.256 e. The highest BCUT2D eigenvalue weighted by Gasteiger charge is 2.50. The summed E-state index contributed by atoms with van der Waals surface area (Å²) >= 11 is 0. The van der Waals surface area contributed by atoms with Gasteiger partial charge < -0.3 is 4.74 Å². The van der Waals surface area contributed by atoms with Crippen molar-refractivity contribution in [1.82, 2.24) is 0 Å². The predicted octanol–water partition coefficient (Wildman–Crippen LogP) is 6.42. The van der Waals surface area contributed by atoms with Crippen molar-refractivity contribution in [2.45, 2.75) is 46.0 Å². The normalized spacial score (nSPS) is 19.8. The molecule has 2 unspecified atom stereocenters. The Kier molecular flexibility index (Phi) is 7.87. The molecule has 0 fully saturated rings. The van der Waals surface area contributed by atoms with Crippen molar-refractivity contribution >= 4 is 34.6 Å². The number of para-hydroxylation sites is 2. The molecule has 5 rings (SSSR count). The molecule has 7 nitrogen and oxygen atoms in total. The van der Waals surface area contributed by atoms with Crippen molar-refractivity contribution in [2.75, 3.05) is 16.6 Å². The molecule has 2 heterocycles. The quantitative estimate of drug-likeness (QED) is 0.289.